The zero-order valence-corrected chi connectivity index (χ0v) is 13.4. The fraction of sp³-hybridized carbons (Fsp3) is 0.538. The zero-order valence-electron chi connectivity index (χ0n) is 12.6. The van der Waals surface area contributed by atoms with Crippen LogP contribution in [-0.2, 0) is 14.8 Å². The number of carbonyl (C=O) groups is 1. The van der Waals surface area contributed by atoms with Crippen LogP contribution in [0.4, 0.5) is 5.82 Å². The Balaban J connectivity index is 2.82. The fourth-order valence-corrected chi connectivity index (χ4v) is 2.49. The van der Waals surface area contributed by atoms with Crippen molar-refractivity contribution in [1.82, 2.24) is 9.29 Å². The first kappa shape index (κ1) is 17.4. The topological polar surface area (TPSA) is 99.6 Å². The Morgan fingerprint density at radius 3 is 2.43 bits per heavy atom. The summed E-state index contributed by atoms with van der Waals surface area (Å²) in [5.41, 5.74) is -0.451. The third-order valence-corrected chi connectivity index (χ3v) is 4.74. The predicted molar refractivity (Wildman–Crippen MR) is 79.7 cm³/mol. The molecule has 0 bridgehead atoms. The van der Waals surface area contributed by atoms with Crippen LogP contribution in [0.3, 0.4) is 0 Å². The van der Waals surface area contributed by atoms with Crippen molar-refractivity contribution in [3.8, 4) is 0 Å². The average molecular weight is 315 g/mol. The molecule has 1 heterocycles. The van der Waals surface area contributed by atoms with Crippen molar-refractivity contribution in [2.24, 2.45) is 0 Å². The van der Waals surface area contributed by atoms with E-state index in [-0.39, 0.29) is 11.3 Å². The first-order valence-electron chi connectivity index (χ1n) is 6.43. The van der Waals surface area contributed by atoms with Gasteiger partial charge in [-0.2, -0.15) is 0 Å². The van der Waals surface area contributed by atoms with Gasteiger partial charge in [0.05, 0.1) is 0 Å². The van der Waals surface area contributed by atoms with Gasteiger partial charge in [0.25, 0.3) is 0 Å². The van der Waals surface area contributed by atoms with E-state index in [2.05, 4.69) is 10.3 Å². The molecule has 0 unspecified atom stereocenters. The van der Waals surface area contributed by atoms with Gasteiger partial charge in [-0.05, 0) is 32.4 Å². The molecule has 0 aromatic carbocycles. The van der Waals surface area contributed by atoms with E-state index in [0.717, 1.165) is 4.31 Å². The average Bonchev–Trinajstić information content (AvgIpc) is 2.36. The van der Waals surface area contributed by atoms with Gasteiger partial charge in [0, 0.05) is 32.3 Å². The summed E-state index contributed by atoms with van der Waals surface area (Å²) in [6.07, 6.45) is 1.76. The first-order chi connectivity index (χ1) is 9.54. The number of pyridine rings is 1. The molecule has 0 saturated carbocycles. The van der Waals surface area contributed by atoms with Gasteiger partial charge in [-0.25, -0.2) is 17.7 Å². The highest BCUT2D eigenvalue weighted by Crippen LogP contribution is 2.20. The van der Waals surface area contributed by atoms with E-state index < -0.39 is 21.5 Å². The first-order valence-corrected chi connectivity index (χ1v) is 7.87. The van der Waals surface area contributed by atoms with E-state index >= 15 is 0 Å². The van der Waals surface area contributed by atoms with Crippen molar-refractivity contribution in [3.63, 3.8) is 0 Å². The van der Waals surface area contributed by atoms with Crippen molar-refractivity contribution < 1.29 is 18.3 Å². The lowest BCUT2D eigenvalue weighted by molar-refractivity contribution is -0.137. The van der Waals surface area contributed by atoms with Crippen LogP contribution >= 0.6 is 0 Å². The van der Waals surface area contributed by atoms with Crippen LogP contribution in [0.2, 0.25) is 0 Å². The number of hydrogen-bond acceptors (Lipinski definition) is 5. The molecular weight excluding hydrogens is 294 g/mol. The Morgan fingerprint density at radius 1 is 1.38 bits per heavy atom. The summed E-state index contributed by atoms with van der Waals surface area (Å²) in [6, 6.07) is 3.04. The zero-order chi connectivity index (χ0) is 16.3. The van der Waals surface area contributed by atoms with E-state index in [9.17, 15) is 13.2 Å². The minimum absolute atomic E-state index is 0.0487. The van der Waals surface area contributed by atoms with E-state index in [1.165, 1.54) is 26.4 Å². The van der Waals surface area contributed by atoms with Crippen LogP contribution in [0.15, 0.2) is 23.2 Å². The number of aromatic nitrogens is 1. The van der Waals surface area contributed by atoms with Gasteiger partial charge in [0.1, 0.15) is 10.7 Å². The van der Waals surface area contributed by atoms with Gasteiger partial charge < -0.3 is 10.4 Å². The number of aliphatic carboxylic acids is 1. The lowest BCUT2D eigenvalue weighted by atomic mass is 9.98. The molecule has 21 heavy (non-hydrogen) atoms. The Labute approximate surface area is 125 Å². The molecule has 7 nitrogen and oxygen atoms in total. The lowest BCUT2D eigenvalue weighted by Crippen LogP contribution is -2.32. The van der Waals surface area contributed by atoms with Crippen LogP contribution in [-0.4, -0.2) is 48.4 Å². The van der Waals surface area contributed by atoms with E-state index in [4.69, 9.17) is 5.11 Å². The third-order valence-electron chi connectivity index (χ3n) is 2.95. The summed E-state index contributed by atoms with van der Waals surface area (Å²) < 4.78 is 24.9. The van der Waals surface area contributed by atoms with E-state index in [0.29, 0.717) is 12.2 Å². The summed E-state index contributed by atoms with van der Waals surface area (Å²) in [4.78, 5) is 14.8. The fourth-order valence-electron chi connectivity index (χ4n) is 1.65. The molecule has 0 aliphatic carbocycles. The van der Waals surface area contributed by atoms with Crippen LogP contribution in [0.25, 0.3) is 0 Å². The molecule has 1 aromatic rings. The van der Waals surface area contributed by atoms with Crippen LogP contribution in [0, 0.1) is 0 Å². The highest BCUT2D eigenvalue weighted by atomic mass is 32.2. The van der Waals surface area contributed by atoms with E-state index in [1.54, 1.807) is 6.07 Å². The van der Waals surface area contributed by atoms with Gasteiger partial charge in [-0.1, -0.05) is 0 Å². The smallest absolute Gasteiger partial charge is 0.303 e. The van der Waals surface area contributed by atoms with Gasteiger partial charge >= 0.3 is 5.97 Å². The third kappa shape index (κ3) is 4.98. The monoisotopic (exact) mass is 315 g/mol. The summed E-state index contributed by atoms with van der Waals surface area (Å²) in [5.74, 6) is -0.353. The highest BCUT2D eigenvalue weighted by molar-refractivity contribution is 7.89. The molecule has 0 amide bonds. The van der Waals surface area contributed by atoms with Crippen molar-refractivity contribution in [1.29, 1.82) is 0 Å². The normalized spacial score (nSPS) is 12.4. The molecule has 1 aromatic heterocycles. The number of hydrogen-bond donors (Lipinski definition) is 2. The SMILES string of the molecule is CN(C)S(=O)(=O)c1ccc(NC(C)(C)CCC(=O)O)nc1. The number of carboxylic acid groups (broad SMARTS) is 1. The Bertz CT molecular complexity index is 594. The molecule has 0 aliphatic heterocycles. The number of nitrogens with zero attached hydrogens (tertiary/aromatic N) is 2. The lowest BCUT2D eigenvalue weighted by Gasteiger charge is -2.26. The Hall–Kier alpha value is -1.67. The number of carboxylic acids is 1. The van der Waals surface area contributed by atoms with Crippen LogP contribution in [0.1, 0.15) is 26.7 Å². The molecule has 0 spiro atoms. The molecule has 0 radical (unpaired) electrons. The van der Waals surface area contributed by atoms with Crippen LogP contribution < -0.4 is 5.32 Å². The standard InChI is InChI=1S/C13H21N3O4S/c1-13(2,8-7-12(17)18)15-11-6-5-10(9-14-11)21(19,20)16(3)4/h5-6,9H,7-8H2,1-4H3,(H,14,15)(H,17,18). The maximum Gasteiger partial charge on any atom is 0.303 e. The van der Waals surface area contributed by atoms with Crippen LogP contribution in [0.5, 0.6) is 0 Å². The summed E-state index contributed by atoms with van der Waals surface area (Å²) >= 11 is 0. The van der Waals surface area contributed by atoms with Gasteiger partial charge in [-0.3, -0.25) is 4.79 Å². The molecule has 8 heteroatoms. The predicted octanol–water partition coefficient (Wildman–Crippen LogP) is 1.39. The second-order valence-electron chi connectivity index (χ2n) is 5.57. The number of rotatable bonds is 7. The Morgan fingerprint density at radius 2 is 2.00 bits per heavy atom. The largest absolute Gasteiger partial charge is 0.481 e. The molecule has 0 aliphatic rings. The summed E-state index contributed by atoms with van der Waals surface area (Å²) in [5, 5.41) is 11.8. The molecule has 0 fully saturated rings. The van der Waals surface area contributed by atoms with Crippen molar-refractivity contribution >= 4 is 21.8 Å². The minimum atomic E-state index is -3.49. The van der Waals surface area contributed by atoms with Gasteiger partial charge in [0.2, 0.25) is 10.0 Å². The minimum Gasteiger partial charge on any atom is -0.481 e. The molecule has 0 atom stereocenters. The van der Waals surface area contributed by atoms with Crippen molar-refractivity contribution in [3.05, 3.63) is 18.3 Å². The number of sulfonamides is 1. The number of anilines is 1. The highest BCUT2D eigenvalue weighted by Gasteiger charge is 2.21. The van der Waals surface area contributed by atoms with Gasteiger partial charge in [0.15, 0.2) is 0 Å². The molecule has 2 N–H and O–H groups in total. The number of nitrogens with one attached hydrogen (secondary N) is 1. The van der Waals surface area contributed by atoms with E-state index in [1.807, 2.05) is 13.8 Å². The molecule has 118 valence electrons. The second kappa shape index (κ2) is 6.40. The maximum absolute atomic E-state index is 11.9. The summed E-state index contributed by atoms with van der Waals surface area (Å²) in [7, 11) is -0.584. The van der Waals surface area contributed by atoms with Crippen molar-refractivity contribution in [2.45, 2.75) is 37.1 Å². The maximum atomic E-state index is 11.9. The molecule has 0 saturated heterocycles. The quantitative estimate of drug-likeness (QED) is 0.788. The molecule has 1 rings (SSSR count). The summed E-state index contributed by atoms with van der Waals surface area (Å²) in [6.45, 7) is 3.73. The van der Waals surface area contributed by atoms with Crippen molar-refractivity contribution in [2.75, 3.05) is 19.4 Å². The molecular formula is C13H21N3O4S. The second-order valence-corrected chi connectivity index (χ2v) is 7.72. The Kier molecular flexibility index (Phi) is 5.30. The van der Waals surface area contributed by atoms with Gasteiger partial charge in [-0.15, -0.1) is 0 Å².